The van der Waals surface area contributed by atoms with Crippen LogP contribution in [0.3, 0.4) is 0 Å². The SMILES string of the molecule is COc1cc(OC)c(C(=O)CC(C)C)c2c1C[C@H]1C[C@H](C(C)C)C=C[C@@]1(C)O2. The van der Waals surface area contributed by atoms with Crippen LogP contribution in [0.25, 0.3) is 0 Å². The largest absolute Gasteiger partial charge is 0.496 e. The van der Waals surface area contributed by atoms with Crippen LogP contribution in [-0.4, -0.2) is 25.6 Å². The first kappa shape index (κ1) is 20.8. The zero-order valence-corrected chi connectivity index (χ0v) is 18.3. The van der Waals surface area contributed by atoms with Gasteiger partial charge in [-0.25, -0.2) is 0 Å². The van der Waals surface area contributed by atoms with Crippen LogP contribution in [0.15, 0.2) is 18.2 Å². The fourth-order valence-corrected chi connectivity index (χ4v) is 4.49. The molecule has 1 aromatic rings. The molecule has 1 aliphatic carbocycles. The van der Waals surface area contributed by atoms with Gasteiger partial charge in [0, 0.05) is 24.0 Å². The summed E-state index contributed by atoms with van der Waals surface area (Å²) in [5, 5.41) is 0. The van der Waals surface area contributed by atoms with E-state index in [1.165, 1.54) is 0 Å². The first-order valence-electron chi connectivity index (χ1n) is 10.4. The maximum absolute atomic E-state index is 13.1. The maximum atomic E-state index is 13.1. The molecule has 0 unspecified atom stereocenters. The molecule has 0 fully saturated rings. The highest BCUT2D eigenvalue weighted by molar-refractivity contribution is 6.02. The average Bonchev–Trinajstić information content (AvgIpc) is 2.63. The number of ketones is 1. The number of rotatable bonds is 6. The molecule has 0 saturated carbocycles. The Morgan fingerprint density at radius 3 is 2.46 bits per heavy atom. The fourth-order valence-electron chi connectivity index (χ4n) is 4.49. The minimum atomic E-state index is -0.414. The molecule has 154 valence electrons. The van der Waals surface area contributed by atoms with Crippen LogP contribution in [-0.2, 0) is 6.42 Å². The summed E-state index contributed by atoms with van der Waals surface area (Å²) in [5.74, 6) is 3.75. The van der Waals surface area contributed by atoms with E-state index >= 15 is 0 Å². The van der Waals surface area contributed by atoms with Crippen molar-refractivity contribution in [3.8, 4) is 17.2 Å². The summed E-state index contributed by atoms with van der Waals surface area (Å²) in [5.41, 5.74) is 1.14. The fraction of sp³-hybridized carbons (Fsp3) is 0.625. The number of methoxy groups -OCH3 is 2. The van der Waals surface area contributed by atoms with Crippen molar-refractivity contribution in [2.24, 2.45) is 23.7 Å². The standard InChI is InChI=1S/C24H34O4/c1-14(2)10-19(25)22-21(27-7)13-20(26-6)18-12-17-11-16(15(3)4)8-9-24(17,5)28-23(18)22/h8-9,13-17H,10-12H2,1-7H3/t16-,17-,24-/m1/s1. The van der Waals surface area contributed by atoms with E-state index in [4.69, 9.17) is 14.2 Å². The third kappa shape index (κ3) is 3.66. The summed E-state index contributed by atoms with van der Waals surface area (Å²) in [6.45, 7) is 10.8. The van der Waals surface area contributed by atoms with E-state index in [1.54, 1.807) is 14.2 Å². The molecule has 3 atom stereocenters. The van der Waals surface area contributed by atoms with Gasteiger partial charge in [-0.1, -0.05) is 33.8 Å². The summed E-state index contributed by atoms with van der Waals surface area (Å²) in [6, 6.07) is 1.84. The number of carbonyl (C=O) groups excluding carboxylic acids is 1. The van der Waals surface area contributed by atoms with Crippen LogP contribution in [0, 0.1) is 23.7 Å². The zero-order valence-electron chi connectivity index (χ0n) is 18.3. The van der Waals surface area contributed by atoms with Crippen molar-refractivity contribution >= 4 is 5.78 Å². The van der Waals surface area contributed by atoms with Crippen molar-refractivity contribution in [1.82, 2.24) is 0 Å². The van der Waals surface area contributed by atoms with Crippen LogP contribution in [0.1, 0.15) is 63.4 Å². The van der Waals surface area contributed by atoms with Crippen molar-refractivity contribution in [3.05, 3.63) is 29.3 Å². The summed E-state index contributed by atoms with van der Waals surface area (Å²) in [7, 11) is 3.25. The number of fused-ring (bicyclic) bond motifs is 2. The predicted molar refractivity (Wildman–Crippen MR) is 112 cm³/mol. The smallest absolute Gasteiger partial charge is 0.170 e. The van der Waals surface area contributed by atoms with E-state index in [0.717, 1.165) is 24.2 Å². The van der Waals surface area contributed by atoms with Gasteiger partial charge in [0.05, 0.1) is 14.2 Å². The first-order valence-corrected chi connectivity index (χ1v) is 10.4. The number of carbonyl (C=O) groups is 1. The molecule has 1 heterocycles. The lowest BCUT2D eigenvalue weighted by Crippen LogP contribution is -2.47. The third-order valence-corrected chi connectivity index (χ3v) is 6.29. The summed E-state index contributed by atoms with van der Waals surface area (Å²) < 4.78 is 17.8. The molecule has 0 aromatic heterocycles. The normalized spacial score (nSPS) is 25.9. The van der Waals surface area contributed by atoms with Crippen LogP contribution >= 0.6 is 0 Å². The number of Topliss-reactive ketones (excluding diaryl/α,β-unsaturated/α-hetero) is 1. The van der Waals surface area contributed by atoms with Gasteiger partial charge in [0.2, 0.25) is 0 Å². The minimum absolute atomic E-state index is 0.0626. The predicted octanol–water partition coefficient (Wildman–Crippen LogP) is 5.47. The number of hydrogen-bond donors (Lipinski definition) is 0. The van der Waals surface area contributed by atoms with Crippen LogP contribution in [0.4, 0.5) is 0 Å². The van der Waals surface area contributed by atoms with Crippen molar-refractivity contribution in [2.45, 2.75) is 59.5 Å². The van der Waals surface area contributed by atoms with E-state index in [-0.39, 0.29) is 11.7 Å². The summed E-state index contributed by atoms with van der Waals surface area (Å²) >= 11 is 0. The molecule has 3 rings (SSSR count). The summed E-state index contributed by atoms with van der Waals surface area (Å²) in [4.78, 5) is 13.1. The van der Waals surface area contributed by atoms with E-state index < -0.39 is 5.60 Å². The molecule has 1 aromatic carbocycles. The molecule has 2 aliphatic rings. The second-order valence-corrected chi connectivity index (χ2v) is 9.17. The average molecular weight is 387 g/mol. The van der Waals surface area contributed by atoms with E-state index in [9.17, 15) is 4.79 Å². The van der Waals surface area contributed by atoms with Gasteiger partial charge in [0.15, 0.2) is 5.78 Å². The van der Waals surface area contributed by atoms with Gasteiger partial charge in [-0.3, -0.25) is 4.79 Å². The van der Waals surface area contributed by atoms with Gasteiger partial charge in [-0.2, -0.15) is 0 Å². The Kier molecular flexibility index (Phi) is 5.79. The zero-order chi connectivity index (χ0) is 20.6. The lowest BCUT2D eigenvalue weighted by molar-refractivity contribution is 0.0298. The quantitative estimate of drug-likeness (QED) is 0.480. The molecular weight excluding hydrogens is 352 g/mol. The number of ether oxygens (including phenoxy) is 3. The molecule has 0 amide bonds. The Balaban J connectivity index is 2.12. The second kappa shape index (κ2) is 7.81. The Morgan fingerprint density at radius 1 is 1.21 bits per heavy atom. The molecule has 4 heteroatoms. The monoisotopic (exact) mass is 386 g/mol. The van der Waals surface area contributed by atoms with Crippen LogP contribution in [0.5, 0.6) is 17.2 Å². The van der Waals surface area contributed by atoms with Crippen molar-refractivity contribution in [2.75, 3.05) is 14.2 Å². The molecule has 0 spiro atoms. The number of benzene rings is 1. The highest BCUT2D eigenvalue weighted by Gasteiger charge is 2.45. The van der Waals surface area contributed by atoms with Gasteiger partial charge in [0.1, 0.15) is 28.4 Å². The van der Waals surface area contributed by atoms with Crippen molar-refractivity contribution < 1.29 is 19.0 Å². The van der Waals surface area contributed by atoms with E-state index in [2.05, 4.69) is 46.8 Å². The summed E-state index contributed by atoms with van der Waals surface area (Å²) in [6.07, 6.45) is 6.88. The lowest BCUT2D eigenvalue weighted by atomic mass is 9.69. The molecule has 28 heavy (non-hydrogen) atoms. The Hall–Kier alpha value is -1.97. The highest BCUT2D eigenvalue weighted by Crippen LogP contribution is 2.51. The molecule has 0 radical (unpaired) electrons. The Bertz CT molecular complexity index is 777. The number of hydrogen-bond acceptors (Lipinski definition) is 4. The number of allylic oxidation sites excluding steroid dienone is 1. The topological polar surface area (TPSA) is 44.8 Å². The Morgan fingerprint density at radius 2 is 1.89 bits per heavy atom. The minimum Gasteiger partial charge on any atom is -0.496 e. The molecular formula is C24H34O4. The second-order valence-electron chi connectivity index (χ2n) is 9.17. The third-order valence-electron chi connectivity index (χ3n) is 6.29. The van der Waals surface area contributed by atoms with Gasteiger partial charge in [0.25, 0.3) is 0 Å². The van der Waals surface area contributed by atoms with Crippen molar-refractivity contribution in [1.29, 1.82) is 0 Å². The van der Waals surface area contributed by atoms with Gasteiger partial charge >= 0.3 is 0 Å². The molecule has 0 N–H and O–H groups in total. The van der Waals surface area contributed by atoms with E-state index in [1.807, 2.05) is 6.07 Å². The lowest BCUT2D eigenvalue weighted by Gasteiger charge is -2.46. The van der Waals surface area contributed by atoms with Crippen LogP contribution in [0.2, 0.25) is 0 Å². The van der Waals surface area contributed by atoms with Crippen molar-refractivity contribution in [3.63, 3.8) is 0 Å². The highest BCUT2D eigenvalue weighted by atomic mass is 16.5. The maximum Gasteiger partial charge on any atom is 0.170 e. The van der Waals surface area contributed by atoms with E-state index in [0.29, 0.717) is 41.2 Å². The van der Waals surface area contributed by atoms with Gasteiger partial charge in [-0.05, 0) is 43.6 Å². The molecule has 0 saturated heterocycles. The Labute approximate surface area is 169 Å². The first-order chi connectivity index (χ1) is 13.2. The molecule has 4 nitrogen and oxygen atoms in total. The van der Waals surface area contributed by atoms with Gasteiger partial charge in [-0.15, -0.1) is 0 Å². The van der Waals surface area contributed by atoms with Gasteiger partial charge < -0.3 is 14.2 Å². The van der Waals surface area contributed by atoms with Crippen LogP contribution < -0.4 is 14.2 Å². The molecule has 0 bridgehead atoms. The molecule has 1 aliphatic heterocycles.